The molecular formula is C52H88O11Si2. The summed E-state index contributed by atoms with van der Waals surface area (Å²) in [5.41, 5.74) is 2.16. The topological polar surface area (TPSA) is 128 Å². The van der Waals surface area contributed by atoms with Crippen molar-refractivity contribution in [1.29, 1.82) is 0 Å². The Morgan fingerprint density at radius 1 is 0.646 bits per heavy atom. The predicted molar refractivity (Wildman–Crippen MR) is 269 cm³/mol. The van der Waals surface area contributed by atoms with E-state index in [1.54, 1.807) is 40.4 Å². The predicted octanol–water partition coefficient (Wildman–Crippen LogP) is 11.7. The molecule has 0 saturated heterocycles. The number of Topliss-reactive ketones (excluding diaryl/α,β-unsaturated/α-hetero) is 2. The Labute approximate surface area is 396 Å². The molecule has 0 spiro atoms. The second kappa shape index (κ2) is 29.7. The van der Waals surface area contributed by atoms with Crippen molar-refractivity contribution in [2.75, 3.05) is 41.3 Å². The highest BCUT2D eigenvalue weighted by Gasteiger charge is 2.41. The fraction of sp³-hybridized carbons (Fsp3) is 0.654. The maximum Gasteiger partial charge on any atom is 0.192 e. The molecule has 65 heavy (non-hydrogen) atoms. The Morgan fingerprint density at radius 3 is 1.37 bits per heavy atom. The summed E-state index contributed by atoms with van der Waals surface area (Å²) in [6.07, 6.45) is 5.56. The van der Waals surface area contributed by atoms with Gasteiger partial charge in [0.15, 0.2) is 16.6 Å². The number of allylic oxidation sites excluding steroid dienone is 2. The van der Waals surface area contributed by atoms with Gasteiger partial charge in [-0.1, -0.05) is 78.0 Å². The Hall–Kier alpha value is -2.99. The molecule has 11 nitrogen and oxygen atoms in total. The van der Waals surface area contributed by atoms with Gasteiger partial charge in [-0.3, -0.25) is 9.59 Å². The van der Waals surface area contributed by atoms with Crippen LogP contribution in [0.1, 0.15) is 105 Å². The number of aliphatic hydroxyl groups is 1. The molecule has 0 amide bonds. The van der Waals surface area contributed by atoms with E-state index in [4.69, 9.17) is 37.3 Å². The standard InChI is InChI=1S/C27H46O6Si.C25H42O5Si/c1-10-11-25(21(2)28)26(32-20-29-6)18-24(33-34(8,9)27(3,4)5)16-17-31-19-22-12-14-23(30-7)15-13-22;1-9-10-23(19(2)26)24(27)17-22(30-31(7,8)25(3,4)5)15-16-29-18-20-11-13-21(28-6)14-12-20/h10,12-15,24-26H,1,11,16-20H2,2-9H3;9,11-14,22-24,27H,1,10,15-18H2,2-8H3/t24-,25-,26-;22-,23-,24?/m11/s1. The number of hydrogen-bond donors (Lipinski definition) is 1. The Bertz CT molecular complexity index is 1650. The molecule has 370 valence electrons. The summed E-state index contributed by atoms with van der Waals surface area (Å²) in [4.78, 5) is 24.4. The highest BCUT2D eigenvalue weighted by molar-refractivity contribution is 6.74. The zero-order valence-corrected chi connectivity index (χ0v) is 45.0. The molecule has 0 aromatic heterocycles. The lowest BCUT2D eigenvalue weighted by molar-refractivity contribution is -0.136. The van der Waals surface area contributed by atoms with Gasteiger partial charge < -0.3 is 42.4 Å². The second-order valence-corrected chi connectivity index (χ2v) is 29.5. The number of hydrogen-bond acceptors (Lipinski definition) is 11. The van der Waals surface area contributed by atoms with Crippen molar-refractivity contribution in [1.82, 2.24) is 0 Å². The van der Waals surface area contributed by atoms with Crippen molar-refractivity contribution in [3.63, 3.8) is 0 Å². The average Bonchev–Trinajstić information content (AvgIpc) is 3.22. The third-order valence-electron chi connectivity index (χ3n) is 12.8. The maximum atomic E-state index is 12.4. The summed E-state index contributed by atoms with van der Waals surface area (Å²) < 4.78 is 46.8. The van der Waals surface area contributed by atoms with Crippen LogP contribution in [0, 0.1) is 11.8 Å². The zero-order chi connectivity index (χ0) is 49.4. The SMILES string of the molecule is C=CC[C@H](C(C)=O)C(O)C[C@@H](CCOCc1ccc(OC)cc1)O[Si](C)(C)C(C)(C)C.C=CC[C@H](C(C)=O)[C@@H](C[C@@H](CCOCc1ccc(OC)cc1)O[Si](C)(C)C(C)(C)C)OCOC. The molecule has 13 heteroatoms. The van der Waals surface area contributed by atoms with Gasteiger partial charge in [-0.05, 0) is 124 Å². The van der Waals surface area contributed by atoms with Crippen molar-refractivity contribution in [3.05, 3.63) is 85.0 Å². The Kier molecular flexibility index (Phi) is 27.4. The molecular weight excluding hydrogens is 857 g/mol. The van der Waals surface area contributed by atoms with Crippen molar-refractivity contribution >= 4 is 28.2 Å². The molecule has 0 saturated carbocycles. The van der Waals surface area contributed by atoms with Gasteiger partial charge in [0.05, 0.1) is 39.6 Å². The van der Waals surface area contributed by atoms with E-state index in [1.165, 1.54) is 6.92 Å². The van der Waals surface area contributed by atoms with Gasteiger partial charge in [0.2, 0.25) is 0 Å². The molecule has 0 bridgehead atoms. The van der Waals surface area contributed by atoms with E-state index < -0.39 is 28.7 Å². The molecule has 2 rings (SSSR count). The van der Waals surface area contributed by atoms with Crippen molar-refractivity contribution < 1.29 is 52.0 Å². The molecule has 0 fully saturated rings. The van der Waals surface area contributed by atoms with Crippen molar-refractivity contribution in [3.8, 4) is 11.5 Å². The van der Waals surface area contributed by atoms with E-state index in [0.29, 0.717) is 65.0 Å². The lowest BCUT2D eigenvalue weighted by Crippen LogP contribution is -2.46. The Balaban J connectivity index is 0.000000653. The third kappa shape index (κ3) is 22.6. The van der Waals surface area contributed by atoms with Crippen LogP contribution >= 0.6 is 0 Å². The first kappa shape index (κ1) is 60.0. The molecule has 1 unspecified atom stereocenters. The molecule has 1 N–H and O–H groups in total. The van der Waals surface area contributed by atoms with Gasteiger partial charge in [-0.2, -0.15) is 0 Å². The van der Waals surface area contributed by atoms with E-state index in [1.807, 2.05) is 48.5 Å². The highest BCUT2D eigenvalue weighted by Crippen LogP contribution is 2.40. The van der Waals surface area contributed by atoms with Gasteiger partial charge in [0, 0.05) is 44.4 Å². The lowest BCUT2D eigenvalue weighted by atomic mass is 9.90. The number of carbonyl (C=O) groups is 2. The summed E-state index contributed by atoms with van der Waals surface area (Å²) in [5.74, 6) is 0.993. The van der Waals surface area contributed by atoms with Crippen LogP contribution in [-0.2, 0) is 50.6 Å². The van der Waals surface area contributed by atoms with E-state index in [0.717, 1.165) is 22.6 Å². The van der Waals surface area contributed by atoms with E-state index in [2.05, 4.69) is 80.9 Å². The zero-order valence-electron chi connectivity index (χ0n) is 43.0. The number of ketones is 2. The largest absolute Gasteiger partial charge is 0.497 e. The number of aliphatic hydroxyl groups excluding tert-OH is 1. The monoisotopic (exact) mass is 945 g/mol. The quantitative estimate of drug-likeness (QED) is 0.0336. The van der Waals surface area contributed by atoms with Crippen LogP contribution in [0.3, 0.4) is 0 Å². The van der Waals surface area contributed by atoms with Gasteiger partial charge in [-0.15, -0.1) is 13.2 Å². The molecule has 0 radical (unpaired) electrons. The molecule has 6 atom stereocenters. The van der Waals surface area contributed by atoms with Crippen LogP contribution < -0.4 is 9.47 Å². The highest BCUT2D eigenvalue weighted by atomic mass is 28.4. The lowest BCUT2D eigenvalue weighted by Gasteiger charge is -2.40. The van der Waals surface area contributed by atoms with Crippen LogP contribution in [0.15, 0.2) is 73.8 Å². The summed E-state index contributed by atoms with van der Waals surface area (Å²) in [6.45, 7) is 35.1. The average molecular weight is 945 g/mol. The first-order valence-corrected chi connectivity index (χ1v) is 29.0. The van der Waals surface area contributed by atoms with E-state index in [9.17, 15) is 14.7 Å². The first-order valence-electron chi connectivity index (χ1n) is 23.1. The van der Waals surface area contributed by atoms with Gasteiger partial charge in [0.1, 0.15) is 29.9 Å². The van der Waals surface area contributed by atoms with Gasteiger partial charge >= 0.3 is 0 Å². The van der Waals surface area contributed by atoms with Crippen molar-refractivity contribution in [2.45, 2.75) is 168 Å². The van der Waals surface area contributed by atoms with Crippen molar-refractivity contribution in [2.24, 2.45) is 11.8 Å². The number of ether oxygens (including phenoxy) is 6. The minimum absolute atomic E-state index is 0.0192. The molecule has 2 aromatic carbocycles. The number of carbonyl (C=O) groups excluding carboxylic acids is 2. The maximum absolute atomic E-state index is 12.4. The fourth-order valence-corrected chi connectivity index (χ4v) is 9.42. The third-order valence-corrected chi connectivity index (χ3v) is 21.8. The normalized spacial score (nSPS) is 15.1. The molecule has 2 aromatic rings. The summed E-state index contributed by atoms with van der Waals surface area (Å²) in [7, 11) is 0.812. The van der Waals surface area contributed by atoms with Gasteiger partial charge in [0.25, 0.3) is 0 Å². The minimum Gasteiger partial charge on any atom is -0.497 e. The van der Waals surface area contributed by atoms with Crippen LogP contribution in [0.2, 0.25) is 36.3 Å². The first-order chi connectivity index (χ1) is 30.4. The summed E-state index contributed by atoms with van der Waals surface area (Å²) in [5, 5.41) is 10.9. The fourth-order valence-electron chi connectivity index (χ4n) is 6.62. The second-order valence-electron chi connectivity index (χ2n) is 20.0. The number of rotatable bonds is 31. The Morgan fingerprint density at radius 2 is 1.03 bits per heavy atom. The summed E-state index contributed by atoms with van der Waals surface area (Å²) >= 11 is 0. The molecule has 0 aliphatic carbocycles. The minimum atomic E-state index is -2.04. The van der Waals surface area contributed by atoms with Crippen LogP contribution in [0.4, 0.5) is 0 Å². The van der Waals surface area contributed by atoms with Gasteiger partial charge in [-0.25, -0.2) is 0 Å². The number of methoxy groups -OCH3 is 3. The molecule has 0 heterocycles. The smallest absolute Gasteiger partial charge is 0.192 e. The summed E-state index contributed by atoms with van der Waals surface area (Å²) in [6, 6.07) is 15.7. The van der Waals surface area contributed by atoms with E-state index in [-0.39, 0.29) is 52.7 Å². The van der Waals surface area contributed by atoms with Crippen LogP contribution in [-0.4, -0.2) is 99.1 Å². The molecule has 0 aliphatic rings. The van der Waals surface area contributed by atoms with E-state index >= 15 is 0 Å². The molecule has 0 aliphatic heterocycles. The number of benzene rings is 2. The van der Waals surface area contributed by atoms with Crippen LogP contribution in [0.25, 0.3) is 0 Å². The van der Waals surface area contributed by atoms with Crippen LogP contribution in [0.5, 0.6) is 11.5 Å².